The topological polar surface area (TPSA) is 35.5 Å². The molecule has 14 heavy (non-hydrogen) atoms. The standard InChI is InChI=1S/C10H11ClO3/c1-13-9-4-3-8(11)10(14-2)7(9)5-6-12/h3-4,6H,5H2,1-2H3. The van der Waals surface area contributed by atoms with E-state index in [0.29, 0.717) is 22.1 Å². The number of rotatable bonds is 4. The number of methoxy groups -OCH3 is 2. The first-order valence-corrected chi connectivity index (χ1v) is 4.45. The molecule has 0 aliphatic carbocycles. The van der Waals surface area contributed by atoms with E-state index in [1.54, 1.807) is 12.1 Å². The SMILES string of the molecule is COc1ccc(Cl)c(OC)c1CC=O. The molecule has 0 aliphatic heterocycles. The van der Waals surface area contributed by atoms with Gasteiger partial charge in [-0.15, -0.1) is 0 Å². The van der Waals surface area contributed by atoms with Gasteiger partial charge in [0.15, 0.2) is 0 Å². The molecular formula is C10H11ClO3. The van der Waals surface area contributed by atoms with E-state index in [-0.39, 0.29) is 6.42 Å². The number of benzene rings is 1. The molecule has 3 nitrogen and oxygen atoms in total. The van der Waals surface area contributed by atoms with Crippen LogP contribution < -0.4 is 9.47 Å². The van der Waals surface area contributed by atoms with Crippen LogP contribution >= 0.6 is 11.6 Å². The summed E-state index contributed by atoms with van der Waals surface area (Å²) < 4.78 is 10.2. The molecule has 0 unspecified atom stereocenters. The zero-order valence-electron chi connectivity index (χ0n) is 8.04. The van der Waals surface area contributed by atoms with Gasteiger partial charge in [0.2, 0.25) is 0 Å². The molecule has 0 amide bonds. The molecule has 4 heteroatoms. The minimum absolute atomic E-state index is 0.229. The summed E-state index contributed by atoms with van der Waals surface area (Å²) in [5.74, 6) is 1.11. The Morgan fingerprint density at radius 3 is 2.57 bits per heavy atom. The molecule has 0 saturated heterocycles. The zero-order valence-corrected chi connectivity index (χ0v) is 8.80. The highest BCUT2D eigenvalue weighted by Gasteiger charge is 2.12. The van der Waals surface area contributed by atoms with Crippen LogP contribution in [-0.2, 0) is 11.2 Å². The molecular weight excluding hydrogens is 204 g/mol. The summed E-state index contributed by atoms with van der Waals surface area (Å²) in [4.78, 5) is 10.5. The molecule has 0 aliphatic rings. The predicted molar refractivity (Wildman–Crippen MR) is 54.3 cm³/mol. The summed E-state index contributed by atoms with van der Waals surface area (Å²) in [5, 5.41) is 0.477. The van der Waals surface area contributed by atoms with Crippen molar-refractivity contribution >= 4 is 17.9 Å². The first-order valence-electron chi connectivity index (χ1n) is 4.07. The minimum Gasteiger partial charge on any atom is -0.496 e. The van der Waals surface area contributed by atoms with E-state index in [9.17, 15) is 4.79 Å². The monoisotopic (exact) mass is 214 g/mol. The Morgan fingerprint density at radius 1 is 1.36 bits per heavy atom. The highest BCUT2D eigenvalue weighted by atomic mass is 35.5. The van der Waals surface area contributed by atoms with Gasteiger partial charge in [-0.25, -0.2) is 0 Å². The number of hydrogen-bond acceptors (Lipinski definition) is 3. The lowest BCUT2D eigenvalue weighted by Crippen LogP contribution is -1.98. The molecule has 0 fully saturated rings. The Morgan fingerprint density at radius 2 is 2.07 bits per heavy atom. The molecule has 0 bridgehead atoms. The van der Waals surface area contributed by atoms with Gasteiger partial charge in [-0.3, -0.25) is 0 Å². The molecule has 0 saturated carbocycles. The lowest BCUT2D eigenvalue weighted by atomic mass is 10.1. The molecule has 1 aromatic rings. The maximum atomic E-state index is 10.5. The fourth-order valence-electron chi connectivity index (χ4n) is 1.27. The Labute approximate surface area is 87.6 Å². The summed E-state index contributed by atoms with van der Waals surface area (Å²) in [6.07, 6.45) is 1.02. The third kappa shape index (κ3) is 1.99. The average molecular weight is 215 g/mol. The molecule has 0 heterocycles. The lowest BCUT2D eigenvalue weighted by Gasteiger charge is -2.12. The molecule has 0 radical (unpaired) electrons. The number of aldehydes is 1. The fourth-order valence-corrected chi connectivity index (χ4v) is 1.52. The van der Waals surface area contributed by atoms with Crippen LogP contribution in [0.25, 0.3) is 0 Å². The lowest BCUT2D eigenvalue weighted by molar-refractivity contribution is -0.107. The van der Waals surface area contributed by atoms with Crippen LogP contribution in [0.15, 0.2) is 12.1 Å². The minimum atomic E-state index is 0.229. The van der Waals surface area contributed by atoms with Crippen molar-refractivity contribution in [2.45, 2.75) is 6.42 Å². The number of hydrogen-bond donors (Lipinski definition) is 0. The summed E-state index contributed by atoms with van der Waals surface area (Å²) in [6.45, 7) is 0. The van der Waals surface area contributed by atoms with Crippen LogP contribution in [0.4, 0.5) is 0 Å². The van der Waals surface area contributed by atoms with Gasteiger partial charge in [0.05, 0.1) is 19.2 Å². The normalized spacial score (nSPS) is 9.64. The van der Waals surface area contributed by atoms with Crippen molar-refractivity contribution < 1.29 is 14.3 Å². The molecule has 0 spiro atoms. The van der Waals surface area contributed by atoms with E-state index in [1.807, 2.05) is 0 Å². The van der Waals surface area contributed by atoms with E-state index in [2.05, 4.69) is 0 Å². The second-order valence-electron chi connectivity index (χ2n) is 2.63. The van der Waals surface area contributed by atoms with Gasteiger partial charge in [-0.1, -0.05) is 11.6 Å². The Bertz CT molecular complexity index is 336. The molecule has 0 N–H and O–H groups in total. The van der Waals surface area contributed by atoms with Crippen molar-refractivity contribution in [1.29, 1.82) is 0 Å². The van der Waals surface area contributed by atoms with Gasteiger partial charge >= 0.3 is 0 Å². The summed E-state index contributed by atoms with van der Waals surface area (Å²) in [5.41, 5.74) is 0.678. The van der Waals surface area contributed by atoms with Gasteiger partial charge < -0.3 is 14.3 Å². The van der Waals surface area contributed by atoms with Crippen molar-refractivity contribution in [3.8, 4) is 11.5 Å². The van der Waals surface area contributed by atoms with Crippen LogP contribution in [0.2, 0.25) is 5.02 Å². The number of ether oxygens (including phenoxy) is 2. The fraction of sp³-hybridized carbons (Fsp3) is 0.300. The van der Waals surface area contributed by atoms with Gasteiger partial charge in [-0.05, 0) is 12.1 Å². The Balaban J connectivity index is 3.27. The van der Waals surface area contributed by atoms with E-state index in [1.165, 1.54) is 14.2 Å². The van der Waals surface area contributed by atoms with Crippen LogP contribution in [-0.4, -0.2) is 20.5 Å². The van der Waals surface area contributed by atoms with Crippen LogP contribution in [0, 0.1) is 0 Å². The second kappa shape index (κ2) is 4.86. The van der Waals surface area contributed by atoms with Gasteiger partial charge in [0.25, 0.3) is 0 Å². The summed E-state index contributed by atoms with van der Waals surface area (Å²) >= 11 is 5.90. The zero-order chi connectivity index (χ0) is 10.6. The van der Waals surface area contributed by atoms with Crippen LogP contribution in [0.3, 0.4) is 0 Å². The molecule has 76 valence electrons. The maximum absolute atomic E-state index is 10.5. The first-order chi connectivity index (χ1) is 6.74. The number of halogens is 1. The third-order valence-corrected chi connectivity index (χ3v) is 2.18. The molecule has 1 aromatic carbocycles. The average Bonchev–Trinajstić information content (AvgIpc) is 2.19. The van der Waals surface area contributed by atoms with Crippen LogP contribution in [0.1, 0.15) is 5.56 Å². The Hall–Kier alpha value is -1.22. The highest BCUT2D eigenvalue weighted by molar-refractivity contribution is 6.32. The summed E-state index contributed by atoms with van der Waals surface area (Å²) in [6, 6.07) is 3.39. The van der Waals surface area contributed by atoms with Crippen molar-refractivity contribution in [3.63, 3.8) is 0 Å². The second-order valence-corrected chi connectivity index (χ2v) is 3.04. The molecule has 0 atom stereocenters. The van der Waals surface area contributed by atoms with Gasteiger partial charge in [0.1, 0.15) is 17.8 Å². The van der Waals surface area contributed by atoms with Gasteiger partial charge in [-0.2, -0.15) is 0 Å². The van der Waals surface area contributed by atoms with Crippen molar-refractivity contribution in [2.24, 2.45) is 0 Å². The van der Waals surface area contributed by atoms with Crippen LogP contribution in [0.5, 0.6) is 11.5 Å². The largest absolute Gasteiger partial charge is 0.496 e. The van der Waals surface area contributed by atoms with E-state index < -0.39 is 0 Å². The smallest absolute Gasteiger partial charge is 0.144 e. The number of carbonyl (C=O) groups excluding carboxylic acids is 1. The quantitative estimate of drug-likeness (QED) is 0.720. The van der Waals surface area contributed by atoms with Gasteiger partial charge in [0, 0.05) is 12.0 Å². The first kappa shape index (κ1) is 10.9. The summed E-state index contributed by atoms with van der Waals surface area (Å²) in [7, 11) is 3.05. The van der Waals surface area contributed by atoms with Crippen molar-refractivity contribution in [3.05, 3.63) is 22.7 Å². The predicted octanol–water partition coefficient (Wildman–Crippen LogP) is 2.10. The van der Waals surface area contributed by atoms with Crippen molar-refractivity contribution in [1.82, 2.24) is 0 Å². The number of carbonyl (C=O) groups is 1. The Kier molecular flexibility index (Phi) is 3.77. The third-order valence-electron chi connectivity index (χ3n) is 1.88. The van der Waals surface area contributed by atoms with E-state index in [4.69, 9.17) is 21.1 Å². The molecule has 0 aromatic heterocycles. The molecule has 1 rings (SSSR count). The van der Waals surface area contributed by atoms with E-state index in [0.717, 1.165) is 6.29 Å². The maximum Gasteiger partial charge on any atom is 0.144 e. The van der Waals surface area contributed by atoms with Crippen molar-refractivity contribution in [2.75, 3.05) is 14.2 Å². The highest BCUT2D eigenvalue weighted by Crippen LogP contribution is 2.35. The van der Waals surface area contributed by atoms with E-state index >= 15 is 0 Å².